The summed E-state index contributed by atoms with van der Waals surface area (Å²) in [7, 11) is 3.53. The van der Waals surface area contributed by atoms with E-state index in [1.54, 1.807) is 19.0 Å². The minimum Gasteiger partial charge on any atom is -0.375 e. The van der Waals surface area contributed by atoms with Crippen LogP contribution in [0.5, 0.6) is 0 Å². The standard InChI is InChI=1S/C23H32N4O2.HI/c1-4-24-23(26-15-16-29-18-20-9-6-5-7-10-20)25-14-13-19-11-8-12-21(17-19)22(28)27(2)3;/h5-12,17H,4,13-16,18H2,1-3H3,(H2,24,25,26);1H. The molecule has 0 aliphatic rings. The van der Waals surface area contributed by atoms with Gasteiger partial charge in [-0.3, -0.25) is 9.79 Å². The minimum absolute atomic E-state index is 0. The van der Waals surface area contributed by atoms with Crippen LogP contribution in [0.4, 0.5) is 0 Å². The Morgan fingerprint density at radius 2 is 1.77 bits per heavy atom. The van der Waals surface area contributed by atoms with Crippen molar-refractivity contribution in [3.8, 4) is 0 Å². The Bertz CT molecular complexity index is 782. The van der Waals surface area contributed by atoms with E-state index in [9.17, 15) is 4.79 Å². The van der Waals surface area contributed by atoms with Gasteiger partial charge in [-0.1, -0.05) is 42.5 Å². The third-order valence-corrected chi connectivity index (χ3v) is 4.25. The monoisotopic (exact) mass is 524 g/mol. The number of ether oxygens (including phenoxy) is 1. The van der Waals surface area contributed by atoms with Crippen molar-refractivity contribution < 1.29 is 9.53 Å². The molecule has 0 fully saturated rings. The molecule has 2 aromatic rings. The number of rotatable bonds is 10. The van der Waals surface area contributed by atoms with Crippen LogP contribution in [0.25, 0.3) is 0 Å². The van der Waals surface area contributed by atoms with Crippen LogP contribution in [0.3, 0.4) is 0 Å². The van der Waals surface area contributed by atoms with E-state index in [0.717, 1.165) is 36.6 Å². The largest absolute Gasteiger partial charge is 0.375 e. The Balaban J connectivity index is 0.00000450. The lowest BCUT2D eigenvalue weighted by molar-refractivity contribution is 0.0827. The van der Waals surface area contributed by atoms with Crippen molar-refractivity contribution >= 4 is 35.8 Å². The molecule has 0 heterocycles. The number of amides is 1. The van der Waals surface area contributed by atoms with Crippen molar-refractivity contribution in [2.24, 2.45) is 4.99 Å². The van der Waals surface area contributed by atoms with Gasteiger partial charge in [0.25, 0.3) is 5.91 Å². The Morgan fingerprint density at radius 1 is 1.03 bits per heavy atom. The minimum atomic E-state index is 0. The molecule has 0 radical (unpaired) electrons. The first kappa shape index (κ1) is 25.9. The molecule has 0 spiro atoms. The van der Waals surface area contributed by atoms with E-state index in [1.807, 2.05) is 49.4 Å². The second-order valence-electron chi connectivity index (χ2n) is 6.88. The molecule has 2 N–H and O–H groups in total. The molecule has 164 valence electrons. The van der Waals surface area contributed by atoms with Crippen LogP contribution in [0.2, 0.25) is 0 Å². The zero-order chi connectivity index (χ0) is 20.9. The molecule has 0 aromatic heterocycles. The maximum Gasteiger partial charge on any atom is 0.253 e. The second kappa shape index (κ2) is 14.8. The molecular weight excluding hydrogens is 491 g/mol. The lowest BCUT2D eigenvalue weighted by atomic mass is 10.1. The maximum atomic E-state index is 12.1. The van der Waals surface area contributed by atoms with E-state index < -0.39 is 0 Å². The molecule has 0 aliphatic carbocycles. The zero-order valence-electron chi connectivity index (χ0n) is 18.1. The van der Waals surface area contributed by atoms with Gasteiger partial charge in [0.05, 0.1) is 19.8 Å². The number of hydrogen-bond acceptors (Lipinski definition) is 3. The van der Waals surface area contributed by atoms with Gasteiger partial charge >= 0.3 is 0 Å². The molecule has 0 saturated heterocycles. The molecule has 1 amide bonds. The normalized spacial score (nSPS) is 10.8. The number of hydrogen-bond donors (Lipinski definition) is 2. The summed E-state index contributed by atoms with van der Waals surface area (Å²) >= 11 is 0. The van der Waals surface area contributed by atoms with Crippen LogP contribution in [-0.2, 0) is 17.8 Å². The molecule has 0 unspecified atom stereocenters. The highest BCUT2D eigenvalue weighted by Crippen LogP contribution is 2.07. The van der Waals surface area contributed by atoms with E-state index in [4.69, 9.17) is 4.74 Å². The smallest absolute Gasteiger partial charge is 0.253 e. The van der Waals surface area contributed by atoms with E-state index in [1.165, 1.54) is 0 Å². The highest BCUT2D eigenvalue weighted by atomic mass is 127. The highest BCUT2D eigenvalue weighted by Gasteiger charge is 2.08. The van der Waals surface area contributed by atoms with E-state index >= 15 is 0 Å². The number of halogens is 1. The van der Waals surface area contributed by atoms with E-state index in [0.29, 0.717) is 25.3 Å². The number of aliphatic imine (C=N–C) groups is 1. The summed E-state index contributed by atoms with van der Waals surface area (Å²) in [5, 5.41) is 6.58. The molecular formula is C23H33IN4O2. The van der Waals surface area contributed by atoms with Gasteiger partial charge < -0.3 is 20.3 Å². The van der Waals surface area contributed by atoms with Gasteiger partial charge in [-0.05, 0) is 36.6 Å². The summed E-state index contributed by atoms with van der Waals surface area (Å²) in [4.78, 5) is 18.2. The van der Waals surface area contributed by atoms with Crippen molar-refractivity contribution in [3.05, 3.63) is 71.3 Å². The van der Waals surface area contributed by atoms with Gasteiger partial charge in [-0.25, -0.2) is 0 Å². The van der Waals surface area contributed by atoms with Gasteiger partial charge in [0.1, 0.15) is 0 Å². The van der Waals surface area contributed by atoms with Gasteiger partial charge in [0.2, 0.25) is 0 Å². The van der Waals surface area contributed by atoms with Crippen LogP contribution >= 0.6 is 24.0 Å². The number of carbonyl (C=O) groups is 1. The summed E-state index contributed by atoms with van der Waals surface area (Å²) in [6.45, 7) is 5.33. The molecule has 2 aromatic carbocycles. The first-order valence-electron chi connectivity index (χ1n) is 10.0. The van der Waals surface area contributed by atoms with Crippen molar-refractivity contribution in [1.82, 2.24) is 15.5 Å². The topological polar surface area (TPSA) is 66.0 Å². The summed E-state index contributed by atoms with van der Waals surface area (Å²) < 4.78 is 5.68. The second-order valence-corrected chi connectivity index (χ2v) is 6.88. The summed E-state index contributed by atoms with van der Waals surface area (Å²) in [5.41, 5.74) is 2.99. The third-order valence-electron chi connectivity index (χ3n) is 4.25. The Morgan fingerprint density at radius 3 is 2.47 bits per heavy atom. The van der Waals surface area contributed by atoms with Crippen LogP contribution in [0, 0.1) is 0 Å². The fourth-order valence-electron chi connectivity index (χ4n) is 2.77. The number of nitrogens with one attached hydrogen (secondary N) is 2. The van der Waals surface area contributed by atoms with Gasteiger partial charge in [-0.15, -0.1) is 24.0 Å². The van der Waals surface area contributed by atoms with Crippen molar-refractivity contribution in [1.29, 1.82) is 0 Å². The highest BCUT2D eigenvalue weighted by molar-refractivity contribution is 14.0. The average molecular weight is 524 g/mol. The third kappa shape index (κ3) is 9.58. The Kier molecular flexibility index (Phi) is 12.8. The van der Waals surface area contributed by atoms with Gasteiger partial charge in [0.15, 0.2) is 5.96 Å². The average Bonchev–Trinajstić information content (AvgIpc) is 2.73. The van der Waals surface area contributed by atoms with E-state index in [2.05, 4.69) is 27.8 Å². The lowest BCUT2D eigenvalue weighted by Gasteiger charge is -2.13. The summed E-state index contributed by atoms with van der Waals surface area (Å²) in [6, 6.07) is 17.9. The Hall–Kier alpha value is -2.13. The molecule has 7 heteroatoms. The van der Waals surface area contributed by atoms with Crippen LogP contribution in [-0.4, -0.2) is 57.1 Å². The fraction of sp³-hybridized carbons (Fsp3) is 0.391. The zero-order valence-corrected chi connectivity index (χ0v) is 20.4. The summed E-state index contributed by atoms with van der Waals surface area (Å²) in [6.07, 6.45) is 0.809. The van der Waals surface area contributed by atoms with Gasteiger partial charge in [0, 0.05) is 32.7 Å². The van der Waals surface area contributed by atoms with Crippen LogP contribution in [0.1, 0.15) is 28.4 Å². The molecule has 6 nitrogen and oxygen atoms in total. The molecule has 0 bridgehead atoms. The maximum absolute atomic E-state index is 12.1. The van der Waals surface area contributed by atoms with E-state index in [-0.39, 0.29) is 29.9 Å². The predicted molar refractivity (Wildman–Crippen MR) is 134 cm³/mol. The first-order chi connectivity index (χ1) is 14.1. The molecule has 2 rings (SSSR count). The number of benzene rings is 2. The molecule has 0 atom stereocenters. The number of nitrogens with zero attached hydrogens (tertiary/aromatic N) is 2. The lowest BCUT2D eigenvalue weighted by Crippen LogP contribution is -2.38. The Labute approximate surface area is 197 Å². The molecule has 0 saturated carbocycles. The summed E-state index contributed by atoms with van der Waals surface area (Å²) in [5.74, 6) is 0.793. The SMILES string of the molecule is CCNC(=NCCOCc1ccccc1)NCCc1cccc(C(=O)N(C)C)c1.I. The molecule has 30 heavy (non-hydrogen) atoms. The quantitative estimate of drug-likeness (QED) is 0.217. The van der Waals surface area contributed by atoms with Crippen molar-refractivity contribution in [2.75, 3.05) is 40.3 Å². The van der Waals surface area contributed by atoms with Crippen molar-refractivity contribution in [2.45, 2.75) is 20.0 Å². The van der Waals surface area contributed by atoms with Crippen LogP contribution in [0.15, 0.2) is 59.6 Å². The van der Waals surface area contributed by atoms with Gasteiger partial charge in [-0.2, -0.15) is 0 Å². The number of guanidine groups is 1. The molecule has 0 aliphatic heterocycles. The fourth-order valence-corrected chi connectivity index (χ4v) is 2.77. The predicted octanol–water partition coefficient (Wildman–Crippen LogP) is 3.32. The first-order valence-corrected chi connectivity index (χ1v) is 10.0. The van der Waals surface area contributed by atoms with Crippen LogP contribution < -0.4 is 10.6 Å². The number of carbonyl (C=O) groups excluding carboxylic acids is 1. The van der Waals surface area contributed by atoms with Crippen molar-refractivity contribution in [3.63, 3.8) is 0 Å².